The van der Waals surface area contributed by atoms with Crippen molar-refractivity contribution >= 4 is 17.4 Å². The third kappa shape index (κ3) is 4.27. The molecule has 3 aromatic rings. The van der Waals surface area contributed by atoms with Crippen molar-refractivity contribution in [1.29, 1.82) is 0 Å². The monoisotopic (exact) mass is 490 g/mol. The van der Waals surface area contributed by atoms with Crippen molar-refractivity contribution in [3.8, 4) is 23.0 Å². The second kappa shape index (κ2) is 8.60. The van der Waals surface area contributed by atoms with Gasteiger partial charge in [0.2, 0.25) is 6.79 Å². The van der Waals surface area contributed by atoms with Gasteiger partial charge in [-0.25, -0.2) is 4.68 Å². The van der Waals surface area contributed by atoms with Gasteiger partial charge in [-0.1, -0.05) is 6.07 Å². The predicted octanol–water partition coefficient (Wildman–Crippen LogP) is 4.54. The van der Waals surface area contributed by atoms with E-state index < -0.39 is 24.2 Å². The third-order valence-electron chi connectivity index (χ3n) is 5.88. The van der Waals surface area contributed by atoms with Gasteiger partial charge >= 0.3 is 6.18 Å². The lowest BCUT2D eigenvalue weighted by molar-refractivity contribution is -0.173. The van der Waals surface area contributed by atoms with Gasteiger partial charge in [-0.05, 0) is 29.8 Å². The second-order valence-electron chi connectivity index (χ2n) is 7.98. The minimum absolute atomic E-state index is 0.0618. The number of carbonyl (C=O) groups excluding carboxylic acids is 1. The van der Waals surface area contributed by atoms with Crippen LogP contribution in [0.2, 0.25) is 0 Å². The lowest BCUT2D eigenvalue weighted by Gasteiger charge is -2.33. The van der Waals surface area contributed by atoms with Gasteiger partial charge in [0, 0.05) is 18.6 Å². The summed E-state index contributed by atoms with van der Waals surface area (Å²) in [7, 11) is 2.91. The Hall–Kier alpha value is -4.09. The molecule has 0 aliphatic carbocycles. The number of anilines is 2. The average Bonchev–Trinajstić information content (AvgIpc) is 3.49. The molecule has 2 unspecified atom stereocenters. The molecule has 1 amide bonds. The Bertz CT molecular complexity index is 1280. The van der Waals surface area contributed by atoms with Crippen LogP contribution >= 0.6 is 0 Å². The molecule has 12 heteroatoms. The molecule has 0 saturated heterocycles. The first kappa shape index (κ1) is 22.7. The van der Waals surface area contributed by atoms with Crippen LogP contribution in [0.15, 0.2) is 42.5 Å². The number of nitrogens with zero attached hydrogens (tertiary/aromatic N) is 2. The van der Waals surface area contributed by atoms with Crippen molar-refractivity contribution in [2.75, 3.05) is 31.6 Å². The first-order chi connectivity index (χ1) is 16.8. The number of methoxy groups -OCH3 is 2. The Morgan fingerprint density at radius 2 is 1.91 bits per heavy atom. The van der Waals surface area contributed by atoms with Crippen LogP contribution in [0, 0.1) is 0 Å². The molecular formula is C23H21F3N4O5. The SMILES string of the molecule is COc1ccc(NC(=O)c2cc3n(n2)C(C(F)(F)F)CC(c2ccc4c(c2)OCO4)N3)c(OC)c1. The van der Waals surface area contributed by atoms with Crippen molar-refractivity contribution in [3.05, 3.63) is 53.7 Å². The number of rotatable bonds is 5. The molecule has 184 valence electrons. The number of halogens is 3. The van der Waals surface area contributed by atoms with E-state index >= 15 is 0 Å². The van der Waals surface area contributed by atoms with Gasteiger partial charge in [0.05, 0.1) is 25.9 Å². The Kier molecular flexibility index (Phi) is 5.58. The minimum Gasteiger partial charge on any atom is -0.497 e. The van der Waals surface area contributed by atoms with E-state index in [-0.39, 0.29) is 24.7 Å². The largest absolute Gasteiger partial charge is 0.497 e. The summed E-state index contributed by atoms with van der Waals surface area (Å²) in [4.78, 5) is 12.9. The minimum atomic E-state index is -4.58. The third-order valence-corrected chi connectivity index (χ3v) is 5.88. The highest BCUT2D eigenvalue weighted by atomic mass is 19.4. The van der Waals surface area contributed by atoms with Crippen LogP contribution in [0.4, 0.5) is 24.7 Å². The number of aromatic nitrogens is 2. The molecular weight excluding hydrogens is 469 g/mol. The standard InChI is InChI=1S/C23H21F3N4O5/c1-32-13-4-5-14(18(8-13)33-2)28-22(31)16-10-21-27-15(9-20(23(24,25)26)30(21)29-16)12-3-6-17-19(7-12)35-11-34-17/h3-8,10,15,20,27H,9,11H2,1-2H3,(H,28,31). The second-order valence-corrected chi connectivity index (χ2v) is 7.98. The van der Waals surface area contributed by atoms with Crippen molar-refractivity contribution in [3.63, 3.8) is 0 Å². The Morgan fingerprint density at radius 3 is 2.66 bits per heavy atom. The van der Waals surface area contributed by atoms with E-state index in [0.717, 1.165) is 4.68 Å². The summed E-state index contributed by atoms with van der Waals surface area (Å²) < 4.78 is 63.8. The Morgan fingerprint density at radius 1 is 1.11 bits per heavy atom. The van der Waals surface area contributed by atoms with Gasteiger partial charge < -0.3 is 29.6 Å². The zero-order valence-electron chi connectivity index (χ0n) is 18.7. The number of hydrogen-bond acceptors (Lipinski definition) is 7. The molecule has 35 heavy (non-hydrogen) atoms. The summed E-state index contributed by atoms with van der Waals surface area (Å²) in [5, 5.41) is 9.68. The van der Waals surface area contributed by atoms with Crippen molar-refractivity contribution in [2.24, 2.45) is 0 Å². The number of amides is 1. The van der Waals surface area contributed by atoms with E-state index in [9.17, 15) is 18.0 Å². The molecule has 2 aromatic carbocycles. The highest BCUT2D eigenvalue weighted by Gasteiger charge is 2.47. The van der Waals surface area contributed by atoms with E-state index in [2.05, 4.69) is 15.7 Å². The molecule has 9 nitrogen and oxygen atoms in total. The summed E-state index contributed by atoms with van der Waals surface area (Å²) in [6, 6.07) is 8.45. The summed E-state index contributed by atoms with van der Waals surface area (Å²) in [6.07, 6.45) is -4.89. The molecule has 0 spiro atoms. The van der Waals surface area contributed by atoms with Gasteiger partial charge in [-0.3, -0.25) is 4.79 Å². The normalized spacial score (nSPS) is 18.4. The number of fused-ring (bicyclic) bond motifs is 2. The number of nitrogens with one attached hydrogen (secondary N) is 2. The fourth-order valence-electron chi connectivity index (χ4n) is 4.12. The van der Waals surface area contributed by atoms with Crippen LogP contribution < -0.4 is 29.6 Å². The summed E-state index contributed by atoms with van der Waals surface area (Å²) in [6.45, 7) is 0.0618. The van der Waals surface area contributed by atoms with E-state index in [1.807, 2.05) is 0 Å². The van der Waals surface area contributed by atoms with E-state index in [0.29, 0.717) is 34.2 Å². The van der Waals surface area contributed by atoms with Crippen LogP contribution in [-0.2, 0) is 0 Å². The zero-order valence-corrected chi connectivity index (χ0v) is 18.7. The number of hydrogen-bond donors (Lipinski definition) is 2. The predicted molar refractivity (Wildman–Crippen MR) is 118 cm³/mol. The highest BCUT2D eigenvalue weighted by molar-refractivity contribution is 6.04. The molecule has 2 aliphatic heterocycles. The number of ether oxygens (including phenoxy) is 4. The first-order valence-corrected chi connectivity index (χ1v) is 10.6. The van der Waals surface area contributed by atoms with Crippen molar-refractivity contribution in [2.45, 2.75) is 24.7 Å². The summed E-state index contributed by atoms with van der Waals surface area (Å²) >= 11 is 0. The first-order valence-electron chi connectivity index (χ1n) is 10.6. The molecule has 0 saturated carbocycles. The maximum atomic E-state index is 14.0. The lowest BCUT2D eigenvalue weighted by atomic mass is 9.96. The molecule has 2 atom stereocenters. The van der Waals surface area contributed by atoms with Gasteiger partial charge in [0.15, 0.2) is 23.2 Å². The van der Waals surface area contributed by atoms with Crippen molar-refractivity contribution in [1.82, 2.24) is 9.78 Å². The van der Waals surface area contributed by atoms with Gasteiger partial charge in [-0.15, -0.1) is 0 Å². The van der Waals surface area contributed by atoms with Crippen LogP contribution in [0.5, 0.6) is 23.0 Å². The molecule has 2 N–H and O–H groups in total. The van der Waals surface area contributed by atoms with Crippen LogP contribution in [0.3, 0.4) is 0 Å². The number of alkyl halides is 3. The topological polar surface area (TPSA) is 95.9 Å². The molecule has 3 heterocycles. The molecule has 2 aliphatic rings. The van der Waals surface area contributed by atoms with Crippen LogP contribution in [0.1, 0.15) is 34.6 Å². The fourth-order valence-corrected chi connectivity index (χ4v) is 4.12. The maximum Gasteiger partial charge on any atom is 0.410 e. The van der Waals surface area contributed by atoms with E-state index in [1.165, 1.54) is 20.3 Å². The van der Waals surface area contributed by atoms with Gasteiger partial charge in [0.25, 0.3) is 5.91 Å². The zero-order chi connectivity index (χ0) is 24.7. The van der Waals surface area contributed by atoms with Gasteiger partial charge in [-0.2, -0.15) is 18.3 Å². The molecule has 0 radical (unpaired) electrons. The van der Waals surface area contributed by atoms with Crippen LogP contribution in [0.25, 0.3) is 0 Å². The van der Waals surface area contributed by atoms with Crippen LogP contribution in [-0.4, -0.2) is 42.9 Å². The fraction of sp³-hybridized carbons (Fsp3) is 0.304. The Balaban J connectivity index is 1.43. The Labute approximate surface area is 197 Å². The van der Waals surface area contributed by atoms with E-state index in [4.69, 9.17) is 18.9 Å². The van der Waals surface area contributed by atoms with Gasteiger partial charge in [0.1, 0.15) is 17.3 Å². The highest BCUT2D eigenvalue weighted by Crippen LogP contribution is 2.45. The summed E-state index contributed by atoms with van der Waals surface area (Å²) in [5.74, 6) is 1.25. The number of benzene rings is 2. The smallest absolute Gasteiger partial charge is 0.410 e. The average molecular weight is 490 g/mol. The molecule has 1 aromatic heterocycles. The molecule has 0 fully saturated rings. The quantitative estimate of drug-likeness (QED) is 0.542. The summed E-state index contributed by atoms with van der Waals surface area (Å²) in [5.41, 5.74) is 0.749. The maximum absolute atomic E-state index is 14.0. The van der Waals surface area contributed by atoms with Crippen molar-refractivity contribution < 1.29 is 36.9 Å². The molecule has 0 bridgehead atoms. The van der Waals surface area contributed by atoms with E-state index in [1.54, 1.807) is 36.4 Å². The lowest BCUT2D eigenvalue weighted by Crippen LogP contribution is -2.35. The number of carbonyl (C=O) groups is 1. The molecule has 5 rings (SSSR count).